The molecule has 0 spiro atoms. The number of anilines is 1. The van der Waals surface area contributed by atoms with E-state index in [9.17, 15) is 0 Å². The van der Waals surface area contributed by atoms with Crippen molar-refractivity contribution in [2.75, 3.05) is 19.0 Å². The number of benzene rings is 2. The number of halogens is 1. The molecule has 0 aliphatic rings. The van der Waals surface area contributed by atoms with Gasteiger partial charge >= 0.3 is 0 Å². The minimum Gasteiger partial charge on any atom is -0.497 e. The normalized spacial score (nSPS) is 12.1. The van der Waals surface area contributed by atoms with Crippen molar-refractivity contribution in [1.82, 2.24) is 0 Å². The summed E-state index contributed by atoms with van der Waals surface area (Å²) in [5, 5.41) is 3.09. The fraction of sp³-hybridized carbons (Fsp3) is 0.278. The Kier molecular flexibility index (Phi) is 5.66. The Morgan fingerprint density at radius 3 is 2.57 bits per heavy atom. The number of ether oxygens (including phenoxy) is 1. The van der Waals surface area contributed by atoms with E-state index in [0.717, 1.165) is 15.9 Å². The Labute approximate surface area is 145 Å². The Morgan fingerprint density at radius 1 is 1.22 bits per heavy atom. The number of hydrogen-bond donors (Lipinski definition) is 2. The summed E-state index contributed by atoms with van der Waals surface area (Å²) in [5.74, 6) is 1.17. The zero-order valence-corrected chi connectivity index (χ0v) is 15.2. The van der Waals surface area contributed by atoms with Gasteiger partial charge in [0.25, 0.3) is 0 Å². The lowest BCUT2D eigenvalue weighted by Crippen LogP contribution is -2.27. The number of guanidine groups is 1. The molecule has 0 heterocycles. The monoisotopic (exact) mass is 375 g/mol. The van der Waals surface area contributed by atoms with Gasteiger partial charge in [0, 0.05) is 21.6 Å². The first kappa shape index (κ1) is 17.3. The minimum atomic E-state index is -0.0959. The van der Waals surface area contributed by atoms with Gasteiger partial charge < -0.3 is 15.8 Å². The van der Waals surface area contributed by atoms with E-state index in [4.69, 9.17) is 10.5 Å². The molecule has 0 bridgehead atoms. The Hall–Kier alpha value is -2.01. The van der Waals surface area contributed by atoms with Crippen LogP contribution in [-0.4, -0.2) is 19.6 Å². The molecule has 5 heteroatoms. The lowest BCUT2D eigenvalue weighted by molar-refractivity contribution is 0.415. The lowest BCUT2D eigenvalue weighted by atomic mass is 9.85. The highest BCUT2D eigenvalue weighted by atomic mass is 79.9. The van der Waals surface area contributed by atoms with Crippen molar-refractivity contribution < 1.29 is 4.74 Å². The molecule has 122 valence electrons. The first-order valence-corrected chi connectivity index (χ1v) is 8.17. The molecule has 0 aliphatic carbocycles. The van der Waals surface area contributed by atoms with Crippen molar-refractivity contribution in [2.24, 2.45) is 10.7 Å². The van der Waals surface area contributed by atoms with Crippen molar-refractivity contribution in [3.05, 3.63) is 58.6 Å². The summed E-state index contributed by atoms with van der Waals surface area (Å²) in [6.45, 7) is 4.90. The molecule has 23 heavy (non-hydrogen) atoms. The Morgan fingerprint density at radius 2 is 1.91 bits per heavy atom. The van der Waals surface area contributed by atoms with Gasteiger partial charge in [0.1, 0.15) is 5.75 Å². The van der Waals surface area contributed by atoms with Crippen LogP contribution in [0.2, 0.25) is 0 Å². The molecule has 0 saturated heterocycles. The number of nitrogens with one attached hydrogen (secondary N) is 1. The van der Waals surface area contributed by atoms with Crippen LogP contribution in [-0.2, 0) is 5.41 Å². The predicted molar refractivity (Wildman–Crippen MR) is 100 cm³/mol. The summed E-state index contributed by atoms with van der Waals surface area (Å²) in [7, 11) is 1.64. The highest BCUT2D eigenvalue weighted by Gasteiger charge is 2.20. The van der Waals surface area contributed by atoms with Gasteiger partial charge in [-0.1, -0.05) is 48.0 Å². The molecule has 2 aromatic carbocycles. The van der Waals surface area contributed by atoms with Gasteiger partial charge in [0.15, 0.2) is 5.96 Å². The minimum absolute atomic E-state index is 0.0959. The van der Waals surface area contributed by atoms with E-state index in [1.807, 2.05) is 36.4 Å². The molecule has 0 aliphatic heterocycles. The second kappa shape index (κ2) is 7.51. The second-order valence-electron chi connectivity index (χ2n) is 5.95. The molecule has 0 atom stereocenters. The molecule has 0 unspecified atom stereocenters. The van der Waals surface area contributed by atoms with Crippen LogP contribution in [0.1, 0.15) is 19.4 Å². The van der Waals surface area contributed by atoms with Gasteiger partial charge in [0.2, 0.25) is 0 Å². The van der Waals surface area contributed by atoms with Crippen molar-refractivity contribution in [3.8, 4) is 5.75 Å². The molecular formula is C18H22BrN3O. The van der Waals surface area contributed by atoms with Crippen LogP contribution in [0.4, 0.5) is 5.69 Å². The van der Waals surface area contributed by atoms with Crippen LogP contribution in [0.15, 0.2) is 58.0 Å². The van der Waals surface area contributed by atoms with Gasteiger partial charge in [-0.2, -0.15) is 0 Å². The maximum absolute atomic E-state index is 6.00. The molecule has 3 N–H and O–H groups in total. The quantitative estimate of drug-likeness (QED) is 0.609. The van der Waals surface area contributed by atoms with Crippen LogP contribution in [0, 0.1) is 0 Å². The van der Waals surface area contributed by atoms with Crippen molar-refractivity contribution in [3.63, 3.8) is 0 Å². The molecular weight excluding hydrogens is 354 g/mol. The van der Waals surface area contributed by atoms with Gasteiger partial charge in [-0.05, 0) is 29.8 Å². The topological polar surface area (TPSA) is 59.6 Å². The molecule has 0 fully saturated rings. The maximum Gasteiger partial charge on any atom is 0.193 e. The molecule has 2 aromatic rings. The predicted octanol–water partition coefficient (Wildman–Crippen LogP) is 4.16. The van der Waals surface area contributed by atoms with Gasteiger partial charge in [-0.3, -0.25) is 4.99 Å². The van der Waals surface area contributed by atoms with Crippen LogP contribution < -0.4 is 15.8 Å². The van der Waals surface area contributed by atoms with Crippen LogP contribution in [0.3, 0.4) is 0 Å². The SMILES string of the molecule is COc1cccc(NC(N)=NCC(C)(C)c2ccc(Br)cc2)c1. The van der Waals surface area contributed by atoms with Gasteiger partial charge in [0.05, 0.1) is 13.7 Å². The fourth-order valence-corrected chi connectivity index (χ4v) is 2.43. The highest BCUT2D eigenvalue weighted by molar-refractivity contribution is 9.10. The standard InChI is InChI=1S/C18H22BrN3O/c1-18(2,13-7-9-14(19)10-8-13)12-21-17(20)22-15-5-4-6-16(11-15)23-3/h4-11H,12H2,1-3H3,(H3,20,21,22). The first-order chi connectivity index (χ1) is 10.9. The third-order valence-corrected chi connectivity index (χ3v) is 4.14. The van der Waals surface area contributed by atoms with Crippen LogP contribution in [0.5, 0.6) is 5.75 Å². The fourth-order valence-electron chi connectivity index (χ4n) is 2.16. The van der Waals surface area contributed by atoms with Crippen LogP contribution >= 0.6 is 15.9 Å². The van der Waals surface area contributed by atoms with Crippen molar-refractivity contribution in [1.29, 1.82) is 0 Å². The third-order valence-electron chi connectivity index (χ3n) is 3.61. The zero-order chi connectivity index (χ0) is 16.9. The largest absolute Gasteiger partial charge is 0.497 e. The Balaban J connectivity index is 2.04. The number of nitrogens with zero attached hydrogens (tertiary/aromatic N) is 1. The smallest absolute Gasteiger partial charge is 0.193 e. The van der Waals surface area contributed by atoms with Crippen molar-refractivity contribution in [2.45, 2.75) is 19.3 Å². The third kappa shape index (κ3) is 4.99. The summed E-state index contributed by atoms with van der Waals surface area (Å²) >= 11 is 3.46. The van der Waals surface area contributed by atoms with E-state index in [-0.39, 0.29) is 5.41 Å². The second-order valence-corrected chi connectivity index (χ2v) is 6.86. The molecule has 0 radical (unpaired) electrons. The summed E-state index contributed by atoms with van der Waals surface area (Å²) in [6.07, 6.45) is 0. The lowest BCUT2D eigenvalue weighted by Gasteiger charge is -2.23. The average Bonchev–Trinajstić information content (AvgIpc) is 2.54. The van der Waals surface area contributed by atoms with Crippen molar-refractivity contribution >= 4 is 27.6 Å². The summed E-state index contributed by atoms with van der Waals surface area (Å²) in [6, 6.07) is 15.9. The number of aliphatic imine (C=N–C) groups is 1. The molecule has 0 saturated carbocycles. The summed E-state index contributed by atoms with van der Waals surface area (Å²) in [4.78, 5) is 4.48. The zero-order valence-electron chi connectivity index (χ0n) is 13.6. The first-order valence-electron chi connectivity index (χ1n) is 7.38. The molecule has 2 rings (SSSR count). The van der Waals surface area contributed by atoms with E-state index >= 15 is 0 Å². The number of rotatable bonds is 5. The van der Waals surface area contributed by atoms with E-state index in [2.05, 4.69) is 52.2 Å². The molecule has 0 amide bonds. The Bertz CT molecular complexity index is 681. The maximum atomic E-state index is 6.00. The highest BCUT2D eigenvalue weighted by Crippen LogP contribution is 2.25. The van der Waals surface area contributed by atoms with Crippen LogP contribution in [0.25, 0.3) is 0 Å². The van der Waals surface area contributed by atoms with E-state index < -0.39 is 0 Å². The number of hydrogen-bond acceptors (Lipinski definition) is 2. The molecule has 4 nitrogen and oxygen atoms in total. The van der Waals surface area contributed by atoms with E-state index in [0.29, 0.717) is 12.5 Å². The summed E-state index contributed by atoms with van der Waals surface area (Å²) < 4.78 is 6.26. The van der Waals surface area contributed by atoms with Gasteiger partial charge in [-0.15, -0.1) is 0 Å². The van der Waals surface area contributed by atoms with E-state index in [1.54, 1.807) is 7.11 Å². The molecule has 0 aromatic heterocycles. The van der Waals surface area contributed by atoms with Gasteiger partial charge in [-0.25, -0.2) is 0 Å². The number of methoxy groups -OCH3 is 1. The summed E-state index contributed by atoms with van der Waals surface area (Å²) in [5.41, 5.74) is 7.98. The number of nitrogens with two attached hydrogens (primary N) is 1. The average molecular weight is 376 g/mol. The van der Waals surface area contributed by atoms with E-state index in [1.165, 1.54) is 5.56 Å².